The Hall–Kier alpha value is -1.02. The zero-order valence-corrected chi connectivity index (χ0v) is 7.75. The molecule has 1 aliphatic heterocycles. The van der Waals surface area contributed by atoms with Gasteiger partial charge in [0.05, 0.1) is 0 Å². The van der Waals surface area contributed by atoms with E-state index < -0.39 is 0 Å². The Bertz CT molecular complexity index is 327. The molecule has 0 spiro atoms. The molecule has 1 heterocycles. The van der Waals surface area contributed by atoms with Crippen molar-refractivity contribution >= 4 is 21.3 Å². The van der Waals surface area contributed by atoms with Crippen LogP contribution in [0.3, 0.4) is 0 Å². The van der Waals surface area contributed by atoms with Crippen LogP contribution in [-0.4, -0.2) is 11.8 Å². The monoisotopic (exact) mass is 176 g/mol. The maximum Gasteiger partial charge on any atom is 0.103 e. The maximum atomic E-state index is 4.04. The molecule has 0 saturated carbocycles. The normalized spacial score (nSPS) is 24.1. The van der Waals surface area contributed by atoms with Crippen molar-refractivity contribution in [3.63, 3.8) is 0 Å². The van der Waals surface area contributed by atoms with E-state index in [0.717, 1.165) is 0 Å². The Balaban J connectivity index is 2.34. The first-order chi connectivity index (χ1) is 5.88. The highest BCUT2D eigenvalue weighted by Gasteiger charge is 2.08. The van der Waals surface area contributed by atoms with Crippen LogP contribution in [-0.2, 0) is 0 Å². The van der Waals surface area contributed by atoms with E-state index in [-0.39, 0.29) is 10.9 Å². The first-order valence-corrected chi connectivity index (χ1v) is 5.68. The van der Waals surface area contributed by atoms with Crippen LogP contribution in [0.2, 0.25) is 0 Å². The summed E-state index contributed by atoms with van der Waals surface area (Å²) in [4.78, 5) is 5.29. The zero-order chi connectivity index (χ0) is 8.39. The molecule has 0 bridgehead atoms. The van der Waals surface area contributed by atoms with Gasteiger partial charge in [-0.25, -0.2) is 4.99 Å². The van der Waals surface area contributed by atoms with Crippen molar-refractivity contribution in [3.05, 3.63) is 42.1 Å². The molecule has 2 heteroatoms. The molecule has 61 valence electrons. The summed E-state index contributed by atoms with van der Waals surface area (Å²) in [6.07, 6.45) is 5.23. The standard InChI is InChI=1S/C10H10NS/c1-12-8-11-7-10(12)9-5-3-2-4-6-9/h2-6,8,12H,1H3. The minimum absolute atomic E-state index is 0.191. The van der Waals surface area contributed by atoms with E-state index in [9.17, 15) is 0 Å². The number of hydrogen-bond acceptors (Lipinski definition) is 1. The third kappa shape index (κ3) is 1.30. The van der Waals surface area contributed by atoms with Crippen LogP contribution in [0.15, 0.2) is 35.3 Å². The van der Waals surface area contributed by atoms with E-state index in [1.165, 1.54) is 10.5 Å². The second-order valence-corrected chi connectivity index (χ2v) is 4.58. The highest BCUT2D eigenvalue weighted by molar-refractivity contribution is 8.35. The fourth-order valence-electron chi connectivity index (χ4n) is 1.18. The van der Waals surface area contributed by atoms with Gasteiger partial charge < -0.3 is 0 Å². The number of hydrogen-bond donors (Lipinski definition) is 1. The quantitative estimate of drug-likeness (QED) is 0.631. The number of nitrogens with zero attached hydrogens (tertiary/aromatic N) is 1. The van der Waals surface area contributed by atoms with Crippen LogP contribution in [0, 0.1) is 6.20 Å². The molecule has 1 aromatic carbocycles. The lowest BCUT2D eigenvalue weighted by Crippen LogP contribution is -1.81. The Kier molecular flexibility index (Phi) is 2.00. The van der Waals surface area contributed by atoms with Gasteiger partial charge in [-0.15, -0.1) is 0 Å². The third-order valence-corrected chi connectivity index (χ3v) is 3.33. The summed E-state index contributed by atoms with van der Waals surface area (Å²) in [5.74, 6) is 0. The lowest BCUT2D eigenvalue weighted by atomic mass is 10.2. The summed E-state index contributed by atoms with van der Waals surface area (Å²) in [5.41, 5.74) is 3.24. The van der Waals surface area contributed by atoms with E-state index >= 15 is 0 Å². The summed E-state index contributed by atoms with van der Waals surface area (Å²) in [7, 11) is -0.191. The molecule has 0 saturated heterocycles. The zero-order valence-electron chi connectivity index (χ0n) is 6.86. The Morgan fingerprint density at radius 1 is 1.25 bits per heavy atom. The molecule has 0 fully saturated rings. The minimum Gasteiger partial charge on any atom is -0.248 e. The topological polar surface area (TPSA) is 12.4 Å². The molecule has 1 nitrogen and oxygen atoms in total. The van der Waals surface area contributed by atoms with Gasteiger partial charge in [-0.1, -0.05) is 30.3 Å². The van der Waals surface area contributed by atoms with Crippen molar-refractivity contribution in [2.24, 2.45) is 4.99 Å². The average Bonchev–Trinajstić information content (AvgIpc) is 2.53. The Morgan fingerprint density at radius 2 is 2.00 bits per heavy atom. The molecule has 0 aromatic heterocycles. The van der Waals surface area contributed by atoms with Crippen LogP contribution in [0.4, 0.5) is 0 Å². The summed E-state index contributed by atoms with van der Waals surface area (Å²) in [6, 6.07) is 10.3. The predicted octanol–water partition coefficient (Wildman–Crippen LogP) is 2.46. The SMILES string of the molecule is C[SH]1C=N[C]=C1c1ccccc1. The Labute approximate surface area is 75.2 Å². The van der Waals surface area contributed by atoms with E-state index in [1.807, 2.05) is 23.7 Å². The summed E-state index contributed by atoms with van der Waals surface area (Å²) >= 11 is 0. The van der Waals surface area contributed by atoms with Crippen molar-refractivity contribution in [3.8, 4) is 0 Å². The average molecular weight is 176 g/mol. The van der Waals surface area contributed by atoms with Crippen LogP contribution in [0.25, 0.3) is 4.91 Å². The van der Waals surface area contributed by atoms with E-state index in [0.29, 0.717) is 0 Å². The van der Waals surface area contributed by atoms with E-state index in [4.69, 9.17) is 0 Å². The molecule has 12 heavy (non-hydrogen) atoms. The number of benzene rings is 1. The van der Waals surface area contributed by atoms with Gasteiger partial charge in [0.2, 0.25) is 0 Å². The first-order valence-electron chi connectivity index (χ1n) is 3.82. The molecule has 2 rings (SSSR count). The van der Waals surface area contributed by atoms with Crippen LogP contribution < -0.4 is 0 Å². The predicted molar refractivity (Wildman–Crippen MR) is 56.5 cm³/mol. The molecule has 1 aliphatic rings. The smallest absolute Gasteiger partial charge is 0.103 e. The summed E-state index contributed by atoms with van der Waals surface area (Å²) < 4.78 is 0. The van der Waals surface area contributed by atoms with Gasteiger partial charge in [0, 0.05) is 10.5 Å². The minimum atomic E-state index is -0.191. The maximum absolute atomic E-state index is 4.04. The van der Waals surface area contributed by atoms with Gasteiger partial charge in [-0.2, -0.15) is 10.9 Å². The van der Waals surface area contributed by atoms with E-state index in [1.54, 1.807) is 0 Å². The lowest BCUT2D eigenvalue weighted by Gasteiger charge is -2.09. The molecular weight excluding hydrogens is 166 g/mol. The van der Waals surface area contributed by atoms with Gasteiger partial charge in [0.25, 0.3) is 0 Å². The fraction of sp³-hybridized carbons (Fsp3) is 0.100. The van der Waals surface area contributed by atoms with Gasteiger partial charge in [-0.3, -0.25) is 0 Å². The molecular formula is C10H10NS. The fourth-order valence-corrected chi connectivity index (χ4v) is 2.30. The van der Waals surface area contributed by atoms with Crippen LogP contribution in [0.5, 0.6) is 0 Å². The van der Waals surface area contributed by atoms with Gasteiger partial charge in [-0.05, 0) is 11.8 Å². The molecule has 1 radical (unpaired) electrons. The number of aliphatic imine (C=N–C) groups is 1. The van der Waals surface area contributed by atoms with Crippen molar-refractivity contribution in [1.29, 1.82) is 0 Å². The first kappa shape index (κ1) is 7.62. The van der Waals surface area contributed by atoms with Gasteiger partial charge in [0.1, 0.15) is 6.20 Å². The van der Waals surface area contributed by atoms with Crippen molar-refractivity contribution in [2.75, 3.05) is 6.26 Å². The molecule has 1 aromatic rings. The molecule has 0 aliphatic carbocycles. The Morgan fingerprint density at radius 3 is 2.58 bits per heavy atom. The highest BCUT2D eigenvalue weighted by Crippen LogP contribution is 2.39. The highest BCUT2D eigenvalue weighted by atomic mass is 32.2. The van der Waals surface area contributed by atoms with Crippen molar-refractivity contribution in [1.82, 2.24) is 0 Å². The third-order valence-electron chi connectivity index (χ3n) is 1.80. The lowest BCUT2D eigenvalue weighted by molar-refractivity contribution is 1.55. The van der Waals surface area contributed by atoms with Gasteiger partial charge >= 0.3 is 0 Å². The van der Waals surface area contributed by atoms with Gasteiger partial charge in [0.15, 0.2) is 0 Å². The number of rotatable bonds is 1. The van der Waals surface area contributed by atoms with Crippen LogP contribution in [0.1, 0.15) is 5.56 Å². The summed E-state index contributed by atoms with van der Waals surface area (Å²) in [6.45, 7) is 0. The second kappa shape index (κ2) is 3.15. The van der Waals surface area contributed by atoms with E-state index in [2.05, 4.69) is 29.6 Å². The molecule has 1 unspecified atom stereocenters. The van der Waals surface area contributed by atoms with Crippen molar-refractivity contribution in [2.45, 2.75) is 0 Å². The largest absolute Gasteiger partial charge is 0.248 e. The van der Waals surface area contributed by atoms with Crippen LogP contribution >= 0.6 is 10.9 Å². The second-order valence-electron chi connectivity index (χ2n) is 2.68. The summed E-state index contributed by atoms with van der Waals surface area (Å²) in [5, 5.41) is 0. The molecule has 1 atom stereocenters. The molecule has 0 amide bonds. The van der Waals surface area contributed by atoms with Crippen molar-refractivity contribution < 1.29 is 0 Å². The number of thiol groups is 1. The molecule has 0 N–H and O–H groups in total.